The van der Waals surface area contributed by atoms with Gasteiger partial charge in [-0.25, -0.2) is 9.36 Å². The van der Waals surface area contributed by atoms with Crippen molar-refractivity contribution in [1.82, 2.24) is 24.9 Å². The third kappa shape index (κ3) is 3.76. The molecule has 152 valence electrons. The zero-order valence-electron chi connectivity index (χ0n) is 16.7. The van der Waals surface area contributed by atoms with E-state index in [-0.39, 0.29) is 11.5 Å². The minimum Gasteiger partial charge on any atom is -0.353 e. The van der Waals surface area contributed by atoms with E-state index in [1.165, 1.54) is 10.7 Å². The van der Waals surface area contributed by atoms with E-state index >= 15 is 0 Å². The lowest BCUT2D eigenvalue weighted by molar-refractivity contribution is -0.126. The van der Waals surface area contributed by atoms with Crippen LogP contribution in [-0.4, -0.2) is 32.0 Å². The lowest BCUT2D eigenvalue weighted by atomic mass is 9.83. The van der Waals surface area contributed by atoms with Gasteiger partial charge >= 0.3 is 0 Å². The Bertz CT molecular complexity index is 1060. The number of carbonyl (C=O) groups excluding carboxylic acids is 1. The van der Waals surface area contributed by atoms with Crippen LogP contribution in [0.4, 0.5) is 0 Å². The molecule has 0 aromatic carbocycles. The first-order valence-electron chi connectivity index (χ1n) is 9.94. The van der Waals surface area contributed by atoms with E-state index in [0.717, 1.165) is 41.9 Å². The van der Waals surface area contributed by atoms with Crippen molar-refractivity contribution in [2.45, 2.75) is 51.5 Å². The van der Waals surface area contributed by atoms with Crippen LogP contribution in [0.15, 0.2) is 40.5 Å². The number of thiophene rings is 1. The monoisotopic (exact) mass is 411 g/mol. The molecule has 0 bridgehead atoms. The van der Waals surface area contributed by atoms with E-state index in [1.54, 1.807) is 22.1 Å². The minimum atomic E-state index is -0.419. The maximum absolute atomic E-state index is 13.1. The number of rotatable bonds is 6. The highest BCUT2D eigenvalue weighted by molar-refractivity contribution is 7.10. The fourth-order valence-electron chi connectivity index (χ4n) is 4.13. The number of carbonyl (C=O) groups is 1. The first kappa shape index (κ1) is 19.6. The highest BCUT2D eigenvalue weighted by atomic mass is 32.1. The summed E-state index contributed by atoms with van der Waals surface area (Å²) < 4.78 is 3.10. The van der Waals surface area contributed by atoms with Gasteiger partial charge in [-0.3, -0.25) is 9.59 Å². The smallest absolute Gasteiger partial charge is 0.266 e. The van der Waals surface area contributed by atoms with Crippen LogP contribution in [0.2, 0.25) is 0 Å². The van der Waals surface area contributed by atoms with Crippen LogP contribution in [-0.2, 0) is 16.8 Å². The van der Waals surface area contributed by atoms with Crippen LogP contribution in [0.5, 0.6) is 0 Å². The molecular weight excluding hydrogens is 386 g/mol. The van der Waals surface area contributed by atoms with Crippen LogP contribution in [0, 0.1) is 13.8 Å². The van der Waals surface area contributed by atoms with Crippen LogP contribution in [0.1, 0.15) is 41.9 Å². The summed E-state index contributed by atoms with van der Waals surface area (Å²) >= 11 is 1.64. The molecule has 1 aliphatic carbocycles. The van der Waals surface area contributed by atoms with Crippen LogP contribution in [0.3, 0.4) is 0 Å². The van der Waals surface area contributed by atoms with Crippen molar-refractivity contribution >= 4 is 17.2 Å². The molecule has 1 amide bonds. The first-order chi connectivity index (χ1) is 14.0. The third-order valence-corrected chi connectivity index (χ3v) is 6.65. The van der Waals surface area contributed by atoms with E-state index in [2.05, 4.69) is 21.6 Å². The average molecular weight is 412 g/mol. The highest BCUT2D eigenvalue weighted by Crippen LogP contribution is 2.43. The number of aryl methyl sites for hydroxylation is 2. The zero-order valence-corrected chi connectivity index (χ0v) is 17.5. The van der Waals surface area contributed by atoms with Gasteiger partial charge in [0.1, 0.15) is 0 Å². The number of hydrogen-bond acceptors (Lipinski definition) is 5. The van der Waals surface area contributed by atoms with E-state index in [4.69, 9.17) is 0 Å². The molecule has 7 nitrogen and oxygen atoms in total. The lowest BCUT2D eigenvalue weighted by Gasteiger charge is -2.26. The molecule has 1 aliphatic rings. The Labute approximate surface area is 173 Å². The van der Waals surface area contributed by atoms with Gasteiger partial charge in [0.15, 0.2) is 5.82 Å². The second kappa shape index (κ2) is 7.94. The number of aromatic nitrogens is 4. The topological polar surface area (TPSA) is 81.8 Å². The molecule has 0 unspecified atom stereocenters. The SMILES string of the molecule is Cc1cc(C)n(-c2ccc(=O)n(CCNC(=O)C3(c4cccs4)CCCC3)n2)n1. The van der Waals surface area contributed by atoms with Crippen molar-refractivity contribution in [1.29, 1.82) is 0 Å². The molecule has 0 aliphatic heterocycles. The molecule has 29 heavy (non-hydrogen) atoms. The van der Waals surface area contributed by atoms with Crippen LogP contribution >= 0.6 is 11.3 Å². The molecule has 3 heterocycles. The van der Waals surface area contributed by atoms with Crippen molar-refractivity contribution in [3.8, 4) is 5.82 Å². The predicted octanol–water partition coefficient (Wildman–Crippen LogP) is 2.74. The number of amides is 1. The summed E-state index contributed by atoms with van der Waals surface area (Å²) in [5, 5.41) is 13.9. The summed E-state index contributed by atoms with van der Waals surface area (Å²) in [6.45, 7) is 4.54. The van der Waals surface area contributed by atoms with Crippen molar-refractivity contribution in [3.63, 3.8) is 0 Å². The van der Waals surface area contributed by atoms with E-state index in [0.29, 0.717) is 18.9 Å². The minimum absolute atomic E-state index is 0.0557. The Morgan fingerprint density at radius 2 is 2.00 bits per heavy atom. The molecule has 4 rings (SSSR count). The van der Waals surface area contributed by atoms with Gasteiger partial charge in [-0.2, -0.15) is 5.10 Å². The molecule has 0 saturated heterocycles. The number of nitrogens with one attached hydrogen (secondary N) is 1. The van der Waals surface area contributed by atoms with Crippen molar-refractivity contribution in [3.05, 3.63) is 62.3 Å². The summed E-state index contributed by atoms with van der Waals surface area (Å²) in [6, 6.07) is 9.18. The van der Waals surface area contributed by atoms with Crippen molar-refractivity contribution in [2.75, 3.05) is 6.54 Å². The van der Waals surface area contributed by atoms with Crippen LogP contribution in [0.25, 0.3) is 5.82 Å². The molecular formula is C21H25N5O2S. The fraction of sp³-hybridized carbons (Fsp3) is 0.429. The molecule has 0 atom stereocenters. The molecule has 1 fully saturated rings. The van der Waals surface area contributed by atoms with E-state index in [1.807, 2.05) is 31.4 Å². The van der Waals surface area contributed by atoms with Gasteiger partial charge in [0.05, 0.1) is 17.7 Å². The Kier molecular flexibility index (Phi) is 5.36. The average Bonchev–Trinajstić information content (AvgIpc) is 3.44. The number of hydrogen-bond donors (Lipinski definition) is 1. The zero-order chi connectivity index (χ0) is 20.4. The van der Waals surface area contributed by atoms with E-state index in [9.17, 15) is 9.59 Å². The summed E-state index contributed by atoms with van der Waals surface area (Å²) in [7, 11) is 0. The number of nitrogens with zero attached hydrogens (tertiary/aromatic N) is 4. The molecule has 3 aromatic rings. The Hall–Kier alpha value is -2.74. The Morgan fingerprint density at radius 1 is 1.21 bits per heavy atom. The lowest BCUT2D eigenvalue weighted by Crippen LogP contribution is -2.43. The van der Waals surface area contributed by atoms with Gasteiger partial charge in [-0.1, -0.05) is 18.9 Å². The maximum atomic E-state index is 13.1. The summed E-state index contributed by atoms with van der Waals surface area (Å²) in [5.74, 6) is 0.646. The molecule has 0 radical (unpaired) electrons. The predicted molar refractivity (Wildman–Crippen MR) is 113 cm³/mol. The summed E-state index contributed by atoms with van der Waals surface area (Å²) in [4.78, 5) is 26.4. The van der Waals surface area contributed by atoms with Gasteiger partial charge in [0, 0.05) is 23.2 Å². The largest absolute Gasteiger partial charge is 0.353 e. The first-order valence-corrected chi connectivity index (χ1v) is 10.8. The molecule has 1 N–H and O–H groups in total. The fourth-order valence-corrected chi connectivity index (χ4v) is 5.11. The molecule has 1 saturated carbocycles. The summed E-state index contributed by atoms with van der Waals surface area (Å²) in [5.41, 5.74) is 1.23. The standard InChI is InChI=1S/C21H25N5O2S/c1-15-14-16(2)26(23-15)18-7-8-19(27)25(24-18)12-11-22-20(28)21(9-3-4-10-21)17-6-5-13-29-17/h5-8,13-14H,3-4,9-12H2,1-2H3,(H,22,28). The quantitative estimate of drug-likeness (QED) is 0.676. The second-order valence-corrected chi connectivity index (χ2v) is 8.56. The van der Waals surface area contributed by atoms with Gasteiger partial charge < -0.3 is 5.32 Å². The van der Waals surface area contributed by atoms with Gasteiger partial charge in [0.25, 0.3) is 5.56 Å². The molecule has 8 heteroatoms. The molecule has 3 aromatic heterocycles. The van der Waals surface area contributed by atoms with Crippen molar-refractivity contribution in [2.24, 2.45) is 0 Å². The Morgan fingerprint density at radius 3 is 2.66 bits per heavy atom. The van der Waals surface area contributed by atoms with Crippen molar-refractivity contribution < 1.29 is 4.79 Å². The molecule has 0 spiro atoms. The van der Waals surface area contributed by atoms with Gasteiger partial charge in [-0.05, 0) is 50.3 Å². The maximum Gasteiger partial charge on any atom is 0.266 e. The normalized spacial score (nSPS) is 15.5. The summed E-state index contributed by atoms with van der Waals surface area (Å²) in [6.07, 6.45) is 3.89. The van der Waals surface area contributed by atoms with Gasteiger partial charge in [-0.15, -0.1) is 16.4 Å². The Balaban J connectivity index is 1.47. The second-order valence-electron chi connectivity index (χ2n) is 7.61. The van der Waals surface area contributed by atoms with E-state index < -0.39 is 5.41 Å². The van der Waals surface area contributed by atoms with Gasteiger partial charge in [0.2, 0.25) is 5.91 Å². The van der Waals surface area contributed by atoms with Crippen LogP contribution < -0.4 is 10.9 Å². The highest BCUT2D eigenvalue weighted by Gasteiger charge is 2.43. The third-order valence-electron chi connectivity index (χ3n) is 5.57.